The van der Waals surface area contributed by atoms with Crippen molar-refractivity contribution in [1.29, 1.82) is 5.26 Å². The zero-order valence-corrected chi connectivity index (χ0v) is 18.0. The molecule has 2 saturated heterocycles. The molecule has 4 N–H and O–H groups in total. The zero-order chi connectivity index (χ0) is 22.7. The number of ether oxygens (including phenoxy) is 5. The average molecular weight is 445 g/mol. The number of rotatable bonds is 5. The first-order valence-electron chi connectivity index (χ1n) is 10.4. The van der Waals surface area contributed by atoms with Crippen molar-refractivity contribution in [3.8, 4) is 17.6 Å². The van der Waals surface area contributed by atoms with E-state index in [9.17, 15) is 10.1 Å². The molecular formula is C21H27N5O6. The van der Waals surface area contributed by atoms with Crippen LogP contribution in [0, 0.1) is 17.2 Å². The van der Waals surface area contributed by atoms with Crippen LogP contribution in [0.5, 0.6) is 11.5 Å². The lowest BCUT2D eigenvalue weighted by Crippen LogP contribution is -2.42. The van der Waals surface area contributed by atoms with E-state index in [0.29, 0.717) is 50.0 Å². The maximum absolute atomic E-state index is 12.5. The second-order valence-corrected chi connectivity index (χ2v) is 7.71. The molecule has 32 heavy (non-hydrogen) atoms. The molecule has 4 rings (SSSR count). The summed E-state index contributed by atoms with van der Waals surface area (Å²) in [6, 6.07) is 7.32. The fourth-order valence-electron chi connectivity index (χ4n) is 4.37. The minimum atomic E-state index is -0.461. The molecule has 11 heteroatoms. The summed E-state index contributed by atoms with van der Waals surface area (Å²) in [4.78, 5) is 14.1. The second kappa shape index (κ2) is 9.62. The van der Waals surface area contributed by atoms with Crippen LogP contribution in [0.25, 0.3) is 0 Å². The first-order valence-corrected chi connectivity index (χ1v) is 10.4. The number of fused-ring (bicyclic) bond motifs is 1. The quantitative estimate of drug-likeness (QED) is 0.583. The Kier molecular flexibility index (Phi) is 6.66. The van der Waals surface area contributed by atoms with Crippen molar-refractivity contribution in [2.24, 2.45) is 11.7 Å². The van der Waals surface area contributed by atoms with Crippen LogP contribution in [0.15, 0.2) is 29.7 Å². The molecule has 0 spiro atoms. The van der Waals surface area contributed by atoms with Gasteiger partial charge in [-0.05, 0) is 17.7 Å². The van der Waals surface area contributed by atoms with Crippen molar-refractivity contribution in [3.63, 3.8) is 0 Å². The minimum Gasteiger partial charge on any atom is -0.493 e. The number of carbonyl (C=O) groups is 1. The fraction of sp³-hybridized carbons (Fsp3) is 0.524. The average Bonchev–Trinajstić information content (AvgIpc) is 3.21. The molecule has 3 aliphatic rings. The summed E-state index contributed by atoms with van der Waals surface area (Å²) in [6.07, 6.45) is -0.890. The number of carbonyl (C=O) groups excluding carboxylic acids is 1. The van der Waals surface area contributed by atoms with Gasteiger partial charge in [-0.15, -0.1) is 0 Å². The Labute approximate surface area is 185 Å². The van der Waals surface area contributed by atoms with Gasteiger partial charge in [-0.1, -0.05) is 6.07 Å². The third-order valence-corrected chi connectivity index (χ3v) is 5.92. The van der Waals surface area contributed by atoms with Crippen molar-refractivity contribution >= 4 is 6.09 Å². The molecule has 2 fully saturated rings. The molecule has 0 aliphatic carbocycles. The number of hydrazine groups is 1. The summed E-state index contributed by atoms with van der Waals surface area (Å²) in [6.45, 7) is 2.32. The highest BCUT2D eigenvalue weighted by molar-refractivity contribution is 5.72. The van der Waals surface area contributed by atoms with Gasteiger partial charge < -0.3 is 34.3 Å². The number of hydrogen-bond acceptors (Lipinski definition) is 10. The number of amides is 1. The Morgan fingerprint density at radius 1 is 1.28 bits per heavy atom. The largest absolute Gasteiger partial charge is 0.493 e. The Bertz CT molecular complexity index is 926. The third kappa shape index (κ3) is 4.18. The van der Waals surface area contributed by atoms with Crippen molar-refractivity contribution < 1.29 is 28.5 Å². The fourth-order valence-corrected chi connectivity index (χ4v) is 4.37. The maximum atomic E-state index is 12.5. The summed E-state index contributed by atoms with van der Waals surface area (Å²) >= 11 is 0. The summed E-state index contributed by atoms with van der Waals surface area (Å²) in [5.74, 6) is 0.212. The number of morpholine rings is 1. The van der Waals surface area contributed by atoms with E-state index in [2.05, 4.69) is 16.9 Å². The molecule has 4 unspecified atom stereocenters. The van der Waals surface area contributed by atoms with Gasteiger partial charge >= 0.3 is 6.09 Å². The monoisotopic (exact) mass is 445 g/mol. The number of methoxy groups -OCH3 is 2. The first-order chi connectivity index (χ1) is 15.6. The molecule has 0 aromatic heterocycles. The minimum absolute atomic E-state index is 0.0768. The van der Waals surface area contributed by atoms with Gasteiger partial charge in [0.1, 0.15) is 6.07 Å². The van der Waals surface area contributed by atoms with Gasteiger partial charge in [-0.3, -0.25) is 0 Å². The molecule has 3 aliphatic heterocycles. The first kappa shape index (κ1) is 22.2. The van der Waals surface area contributed by atoms with Gasteiger partial charge in [0.15, 0.2) is 17.7 Å². The summed E-state index contributed by atoms with van der Waals surface area (Å²) in [5.41, 5.74) is 13.4. The molecule has 0 bridgehead atoms. The highest BCUT2D eigenvalue weighted by atomic mass is 16.6. The van der Waals surface area contributed by atoms with Gasteiger partial charge in [0.25, 0.3) is 0 Å². The predicted octanol–water partition coefficient (Wildman–Crippen LogP) is 0.399. The summed E-state index contributed by atoms with van der Waals surface area (Å²) < 4.78 is 27.4. The molecule has 11 nitrogen and oxygen atoms in total. The summed E-state index contributed by atoms with van der Waals surface area (Å²) in [5, 5.41) is 9.82. The van der Waals surface area contributed by atoms with Crippen LogP contribution in [0.1, 0.15) is 11.5 Å². The van der Waals surface area contributed by atoms with E-state index in [0.717, 1.165) is 5.56 Å². The second-order valence-electron chi connectivity index (χ2n) is 7.71. The van der Waals surface area contributed by atoms with Crippen LogP contribution in [-0.2, 0) is 14.2 Å². The summed E-state index contributed by atoms with van der Waals surface area (Å²) in [7, 11) is 3.11. The maximum Gasteiger partial charge on any atom is 0.415 e. The van der Waals surface area contributed by atoms with Crippen molar-refractivity contribution in [3.05, 3.63) is 35.2 Å². The van der Waals surface area contributed by atoms with Gasteiger partial charge in [-0.2, -0.15) is 5.26 Å². The van der Waals surface area contributed by atoms with Gasteiger partial charge in [0.05, 0.1) is 38.5 Å². The van der Waals surface area contributed by atoms with Gasteiger partial charge in [0, 0.05) is 32.0 Å². The van der Waals surface area contributed by atoms with Crippen LogP contribution < -0.4 is 26.1 Å². The topological polar surface area (TPSA) is 140 Å². The highest BCUT2D eigenvalue weighted by Gasteiger charge is 2.48. The zero-order valence-electron chi connectivity index (χ0n) is 18.0. The Balaban J connectivity index is 1.64. The van der Waals surface area contributed by atoms with E-state index in [-0.39, 0.29) is 23.8 Å². The number of nitrogens with zero attached hydrogens (tertiary/aromatic N) is 2. The molecule has 1 amide bonds. The molecule has 3 heterocycles. The molecule has 0 radical (unpaired) electrons. The van der Waals surface area contributed by atoms with Crippen molar-refractivity contribution in [1.82, 2.24) is 15.8 Å². The number of hydrogen-bond donors (Lipinski definition) is 3. The SMILES string of the molecule is COCC1NNC2OC(N)=C(C#N)C(c3ccc(OC(=O)N4CCOCC4)c(OC)c3)C12. The normalized spacial score (nSPS) is 27.3. The standard InChI is InChI=1S/C21H27N5O6/c1-28-11-14-18-17(13(10-22)19(23)32-20(18)25-24-14)12-3-4-15(16(9-12)29-2)31-21(27)26-5-7-30-8-6-26/h3-4,9,14,17-18,20,24-25H,5-8,11,23H2,1-2H3. The lowest BCUT2D eigenvalue weighted by atomic mass is 9.75. The lowest BCUT2D eigenvalue weighted by Gasteiger charge is -2.35. The van der Waals surface area contributed by atoms with Crippen LogP contribution in [-0.4, -0.2) is 70.4 Å². The van der Waals surface area contributed by atoms with E-state index in [4.69, 9.17) is 29.4 Å². The highest BCUT2D eigenvalue weighted by Crippen LogP contribution is 2.44. The van der Waals surface area contributed by atoms with Gasteiger partial charge in [-0.25, -0.2) is 15.6 Å². The number of benzene rings is 1. The Morgan fingerprint density at radius 3 is 2.75 bits per heavy atom. The molecule has 4 atom stereocenters. The Hall–Kier alpha value is -3.04. The smallest absolute Gasteiger partial charge is 0.415 e. The van der Waals surface area contributed by atoms with E-state index in [1.54, 1.807) is 24.1 Å². The third-order valence-electron chi connectivity index (χ3n) is 5.92. The van der Waals surface area contributed by atoms with Crippen LogP contribution in [0.2, 0.25) is 0 Å². The van der Waals surface area contributed by atoms with Crippen molar-refractivity contribution in [2.75, 3.05) is 47.1 Å². The number of nitrogens with two attached hydrogens (primary N) is 1. The van der Waals surface area contributed by atoms with E-state index < -0.39 is 12.3 Å². The molecule has 0 saturated carbocycles. The van der Waals surface area contributed by atoms with Crippen LogP contribution in [0.4, 0.5) is 4.79 Å². The van der Waals surface area contributed by atoms with E-state index in [1.165, 1.54) is 7.11 Å². The van der Waals surface area contributed by atoms with Crippen molar-refractivity contribution in [2.45, 2.75) is 18.2 Å². The van der Waals surface area contributed by atoms with E-state index in [1.807, 2.05) is 6.07 Å². The van der Waals surface area contributed by atoms with E-state index >= 15 is 0 Å². The molecule has 172 valence electrons. The molecule has 1 aromatic carbocycles. The number of allylic oxidation sites excluding steroid dienone is 1. The molecule has 1 aromatic rings. The lowest BCUT2D eigenvalue weighted by molar-refractivity contribution is 0.0278. The molecular weight excluding hydrogens is 418 g/mol. The Morgan fingerprint density at radius 2 is 2.06 bits per heavy atom. The predicted molar refractivity (Wildman–Crippen MR) is 111 cm³/mol. The van der Waals surface area contributed by atoms with Crippen LogP contribution >= 0.6 is 0 Å². The number of nitriles is 1. The number of nitrogens with one attached hydrogen (secondary N) is 2. The van der Waals surface area contributed by atoms with Crippen LogP contribution in [0.3, 0.4) is 0 Å². The van der Waals surface area contributed by atoms with Gasteiger partial charge in [0.2, 0.25) is 5.88 Å².